The number of nitrogens with one attached hydrogen (secondary N) is 1. The van der Waals surface area contributed by atoms with E-state index in [1.807, 2.05) is 0 Å². The van der Waals surface area contributed by atoms with Crippen LogP contribution in [0, 0.1) is 10.1 Å². The summed E-state index contributed by atoms with van der Waals surface area (Å²) in [6.07, 6.45) is 2.63. The molecule has 0 saturated carbocycles. The summed E-state index contributed by atoms with van der Waals surface area (Å²) in [5.41, 5.74) is 0.0137. The van der Waals surface area contributed by atoms with Crippen LogP contribution in [0.1, 0.15) is 29.6 Å². The highest BCUT2D eigenvalue weighted by Gasteiger charge is 2.26. The number of esters is 1. The van der Waals surface area contributed by atoms with E-state index in [4.69, 9.17) is 9.47 Å². The van der Waals surface area contributed by atoms with Crippen molar-refractivity contribution >= 4 is 27.6 Å². The molecule has 0 radical (unpaired) electrons. The summed E-state index contributed by atoms with van der Waals surface area (Å²) in [4.78, 5) is 34.4. The third kappa shape index (κ3) is 6.75. The first-order chi connectivity index (χ1) is 16.3. The van der Waals surface area contributed by atoms with Crippen LogP contribution < -0.4 is 10.1 Å². The average molecular weight is 492 g/mol. The van der Waals surface area contributed by atoms with Crippen molar-refractivity contribution in [3.8, 4) is 5.75 Å². The standard InChI is InChI=1S/C22H25N3O8S/c26-21(16-33-19-8-5-7-18(15-19)25(28)29)32-13-10-23-22(27)17-6-4-9-20(14-17)34(30,31)24-11-2-1-3-12-24/h4-9,14-15H,1-3,10-13,16H2,(H,23,27). The molecular weight excluding hydrogens is 466 g/mol. The van der Waals surface area contributed by atoms with E-state index < -0.39 is 33.4 Å². The van der Waals surface area contributed by atoms with Gasteiger partial charge in [-0.3, -0.25) is 14.9 Å². The Hall–Kier alpha value is -3.51. The molecule has 11 nitrogen and oxygen atoms in total. The topological polar surface area (TPSA) is 145 Å². The summed E-state index contributed by atoms with van der Waals surface area (Å²) in [5.74, 6) is -1.06. The predicted octanol–water partition coefficient (Wildman–Crippen LogP) is 2.12. The number of hydrogen-bond acceptors (Lipinski definition) is 8. The summed E-state index contributed by atoms with van der Waals surface area (Å²) in [7, 11) is -3.66. The third-order valence-electron chi connectivity index (χ3n) is 5.08. The Balaban J connectivity index is 1.44. The molecule has 0 spiro atoms. The van der Waals surface area contributed by atoms with Gasteiger partial charge in [0.1, 0.15) is 12.4 Å². The minimum absolute atomic E-state index is 0.00445. The van der Waals surface area contributed by atoms with Gasteiger partial charge in [0.05, 0.1) is 22.4 Å². The maximum atomic E-state index is 12.8. The number of carbonyl (C=O) groups excluding carboxylic acids is 2. The lowest BCUT2D eigenvalue weighted by Gasteiger charge is -2.26. The van der Waals surface area contributed by atoms with Gasteiger partial charge in [-0.15, -0.1) is 0 Å². The smallest absolute Gasteiger partial charge is 0.344 e. The second kappa shape index (κ2) is 11.6. The molecule has 2 aromatic carbocycles. The van der Waals surface area contributed by atoms with Crippen molar-refractivity contribution in [2.45, 2.75) is 24.2 Å². The van der Waals surface area contributed by atoms with Crippen molar-refractivity contribution in [1.29, 1.82) is 0 Å². The lowest BCUT2D eigenvalue weighted by molar-refractivity contribution is -0.384. The second-order valence-corrected chi connectivity index (χ2v) is 9.45. The van der Waals surface area contributed by atoms with E-state index in [-0.39, 0.29) is 35.0 Å². The number of non-ortho nitro benzene ring substituents is 1. The van der Waals surface area contributed by atoms with Crippen LogP contribution >= 0.6 is 0 Å². The number of nitro groups is 1. The number of nitro benzene ring substituents is 1. The van der Waals surface area contributed by atoms with Gasteiger partial charge in [-0.2, -0.15) is 4.31 Å². The van der Waals surface area contributed by atoms with E-state index in [9.17, 15) is 28.1 Å². The first-order valence-corrected chi connectivity index (χ1v) is 12.1. The highest BCUT2D eigenvalue weighted by molar-refractivity contribution is 7.89. The van der Waals surface area contributed by atoms with Crippen molar-refractivity contribution in [3.05, 3.63) is 64.2 Å². The predicted molar refractivity (Wildman–Crippen MR) is 121 cm³/mol. The van der Waals surface area contributed by atoms with Crippen LogP contribution in [0.2, 0.25) is 0 Å². The number of nitrogens with zero attached hydrogens (tertiary/aromatic N) is 2. The number of hydrogen-bond donors (Lipinski definition) is 1. The van der Waals surface area contributed by atoms with E-state index in [2.05, 4.69) is 5.32 Å². The highest BCUT2D eigenvalue weighted by Crippen LogP contribution is 2.21. The van der Waals surface area contributed by atoms with Crippen molar-refractivity contribution in [2.24, 2.45) is 0 Å². The molecule has 2 aromatic rings. The van der Waals surface area contributed by atoms with Crippen LogP contribution in [0.15, 0.2) is 53.4 Å². The second-order valence-electron chi connectivity index (χ2n) is 7.51. The summed E-state index contributed by atoms with van der Waals surface area (Å²) >= 11 is 0. The van der Waals surface area contributed by atoms with Crippen molar-refractivity contribution in [2.75, 3.05) is 32.8 Å². The van der Waals surface area contributed by atoms with E-state index in [1.54, 1.807) is 0 Å². The molecule has 3 rings (SSSR count). The van der Waals surface area contributed by atoms with Crippen LogP contribution in [-0.2, 0) is 19.6 Å². The maximum absolute atomic E-state index is 12.8. The lowest BCUT2D eigenvalue weighted by atomic mass is 10.2. The summed E-state index contributed by atoms with van der Waals surface area (Å²) < 4.78 is 37.2. The van der Waals surface area contributed by atoms with Gasteiger partial charge in [0.25, 0.3) is 11.6 Å². The van der Waals surface area contributed by atoms with E-state index in [0.717, 1.165) is 19.3 Å². The fraction of sp³-hybridized carbons (Fsp3) is 0.364. The minimum Gasteiger partial charge on any atom is -0.482 e. The van der Waals surface area contributed by atoms with Crippen molar-refractivity contribution in [1.82, 2.24) is 9.62 Å². The van der Waals surface area contributed by atoms with Crippen LogP contribution in [0.25, 0.3) is 0 Å². The number of benzene rings is 2. The number of ether oxygens (including phenoxy) is 2. The Morgan fingerprint density at radius 2 is 1.79 bits per heavy atom. The molecule has 1 heterocycles. The summed E-state index contributed by atoms with van der Waals surface area (Å²) in [6, 6.07) is 11.2. The molecule has 1 amide bonds. The van der Waals surface area contributed by atoms with Gasteiger partial charge in [-0.25, -0.2) is 13.2 Å². The lowest BCUT2D eigenvalue weighted by Crippen LogP contribution is -2.35. The fourth-order valence-electron chi connectivity index (χ4n) is 3.35. The Morgan fingerprint density at radius 1 is 1.06 bits per heavy atom. The number of piperidine rings is 1. The Labute approximate surface area is 196 Å². The SMILES string of the molecule is O=C(COc1cccc([N+](=O)[O-])c1)OCCNC(=O)c1cccc(S(=O)(=O)N2CCCCC2)c1. The number of amides is 1. The van der Waals surface area contributed by atoms with Crippen LogP contribution in [-0.4, -0.2) is 62.4 Å². The van der Waals surface area contributed by atoms with Gasteiger partial charge < -0.3 is 14.8 Å². The number of carbonyl (C=O) groups is 2. The molecule has 1 aliphatic heterocycles. The fourth-order valence-corrected chi connectivity index (χ4v) is 4.92. The van der Waals surface area contributed by atoms with E-state index >= 15 is 0 Å². The monoisotopic (exact) mass is 491 g/mol. The zero-order valence-electron chi connectivity index (χ0n) is 18.3. The molecular formula is C22H25N3O8S. The molecule has 12 heteroatoms. The molecule has 34 heavy (non-hydrogen) atoms. The maximum Gasteiger partial charge on any atom is 0.344 e. The van der Waals surface area contributed by atoms with Crippen LogP contribution in [0.4, 0.5) is 5.69 Å². The van der Waals surface area contributed by atoms with Crippen molar-refractivity contribution in [3.63, 3.8) is 0 Å². The Kier molecular flexibility index (Phi) is 8.55. The molecule has 0 aliphatic carbocycles. The van der Waals surface area contributed by atoms with Crippen LogP contribution in [0.5, 0.6) is 5.75 Å². The third-order valence-corrected chi connectivity index (χ3v) is 6.98. The highest BCUT2D eigenvalue weighted by atomic mass is 32.2. The minimum atomic E-state index is -3.66. The van der Waals surface area contributed by atoms with Gasteiger partial charge in [-0.1, -0.05) is 18.6 Å². The molecule has 0 aromatic heterocycles. The molecule has 1 saturated heterocycles. The first kappa shape index (κ1) is 25.1. The molecule has 0 atom stereocenters. The van der Waals surface area contributed by atoms with Gasteiger partial charge in [0.15, 0.2) is 6.61 Å². The van der Waals surface area contributed by atoms with E-state index in [1.165, 1.54) is 52.8 Å². The molecule has 1 fully saturated rings. The normalized spacial score (nSPS) is 14.2. The van der Waals surface area contributed by atoms with Crippen molar-refractivity contribution < 1.29 is 32.4 Å². The van der Waals surface area contributed by atoms with Gasteiger partial charge in [-0.05, 0) is 37.1 Å². The molecule has 182 valence electrons. The zero-order valence-corrected chi connectivity index (χ0v) is 19.2. The van der Waals surface area contributed by atoms with Gasteiger partial charge in [0.2, 0.25) is 10.0 Å². The van der Waals surface area contributed by atoms with Crippen LogP contribution in [0.3, 0.4) is 0 Å². The quantitative estimate of drug-likeness (QED) is 0.230. The largest absolute Gasteiger partial charge is 0.482 e. The molecule has 1 N–H and O–H groups in total. The van der Waals surface area contributed by atoms with Gasteiger partial charge >= 0.3 is 5.97 Å². The molecule has 0 bridgehead atoms. The Morgan fingerprint density at radius 3 is 2.53 bits per heavy atom. The Bertz CT molecular complexity index is 1150. The average Bonchev–Trinajstić information content (AvgIpc) is 2.86. The number of sulfonamides is 1. The summed E-state index contributed by atoms with van der Waals surface area (Å²) in [5, 5.41) is 13.3. The van der Waals surface area contributed by atoms with E-state index in [0.29, 0.717) is 13.1 Å². The van der Waals surface area contributed by atoms with Gasteiger partial charge in [0, 0.05) is 24.7 Å². The first-order valence-electron chi connectivity index (χ1n) is 10.7. The molecule has 1 aliphatic rings. The zero-order chi connectivity index (χ0) is 24.6. The molecule has 0 unspecified atom stereocenters. The summed E-state index contributed by atoms with van der Waals surface area (Å²) in [6.45, 7) is 0.356. The number of rotatable bonds is 10.